The van der Waals surface area contributed by atoms with E-state index in [2.05, 4.69) is 24.4 Å². The van der Waals surface area contributed by atoms with Gasteiger partial charge in [-0.2, -0.15) is 0 Å². The van der Waals surface area contributed by atoms with Crippen LogP contribution in [0.3, 0.4) is 0 Å². The van der Waals surface area contributed by atoms with Gasteiger partial charge in [0.1, 0.15) is 5.97 Å². The Morgan fingerprint density at radius 1 is 0.686 bits per heavy atom. The predicted octanol–water partition coefficient (Wildman–Crippen LogP) is 6.65. The molecule has 0 heterocycles. The van der Waals surface area contributed by atoms with E-state index in [1.54, 1.807) is 21.1 Å². The van der Waals surface area contributed by atoms with Gasteiger partial charge in [0.25, 0.3) is 0 Å². The fourth-order valence-electron chi connectivity index (χ4n) is 4.71. The van der Waals surface area contributed by atoms with Gasteiger partial charge in [-0.1, -0.05) is 103 Å². The van der Waals surface area contributed by atoms with Crippen LogP contribution in [0.1, 0.15) is 142 Å². The molecule has 1 atom stereocenters. The minimum absolute atomic E-state index is 0.115. The summed E-state index contributed by atoms with van der Waals surface area (Å²) in [5.74, 6) is -1.39. The van der Waals surface area contributed by atoms with Crippen molar-refractivity contribution in [3.8, 4) is 0 Å². The van der Waals surface area contributed by atoms with Crippen LogP contribution < -0.4 is 10.4 Å². The van der Waals surface area contributed by atoms with Crippen LogP contribution in [0.25, 0.3) is 0 Å². The largest absolute Gasteiger partial charge is 0.542 e. The number of hydrogen-bond acceptors (Lipinski definition) is 3. The van der Waals surface area contributed by atoms with Crippen molar-refractivity contribution in [1.82, 2.24) is 5.32 Å². The lowest BCUT2D eigenvalue weighted by atomic mass is 9.99. The van der Waals surface area contributed by atoms with Crippen LogP contribution in [0.4, 0.5) is 0 Å². The minimum Gasteiger partial charge on any atom is -0.542 e. The molecule has 0 saturated carbocycles. The molecule has 5 nitrogen and oxygen atoms in total. The van der Waals surface area contributed by atoms with Crippen molar-refractivity contribution in [3.05, 3.63) is 12.2 Å². The van der Waals surface area contributed by atoms with Crippen LogP contribution in [0.2, 0.25) is 0 Å². The lowest BCUT2D eigenvalue weighted by Crippen LogP contribution is -2.74. The number of rotatable bonds is 24. The van der Waals surface area contributed by atoms with E-state index in [4.69, 9.17) is 0 Å². The summed E-state index contributed by atoms with van der Waals surface area (Å²) >= 11 is 0. The minimum atomic E-state index is -1.37. The van der Waals surface area contributed by atoms with Gasteiger partial charge in [-0.3, -0.25) is 10.1 Å². The normalized spacial score (nSPS) is 13.7. The van der Waals surface area contributed by atoms with Gasteiger partial charge in [0.15, 0.2) is 0 Å². The molecule has 0 rings (SSSR count). The lowest BCUT2D eigenvalue weighted by molar-refractivity contribution is -0.919. The monoisotopic (exact) mass is 494 g/mol. The fraction of sp³-hybridized carbons (Fsp3) is 0.867. The first-order chi connectivity index (χ1) is 16.7. The van der Waals surface area contributed by atoms with E-state index >= 15 is 0 Å². The van der Waals surface area contributed by atoms with E-state index in [1.165, 1.54) is 89.9 Å². The first kappa shape index (κ1) is 33.6. The maximum Gasteiger partial charge on any atom is 0.224 e. The third-order valence-corrected chi connectivity index (χ3v) is 7.11. The molecule has 1 unspecified atom stereocenters. The standard InChI is InChI=1S/C30H58N2O3/c1-6-8-9-10-11-12-13-14-15-16-17-18-19-20-21-22-23-24-25-26-28(33)31-30(27-7-2,29(34)35)32(3,4)5/h14-15H,6-13,16-27H2,1-5H3,(H-,31,33,34,35)/b15-14-. The molecule has 5 heteroatoms. The Labute approximate surface area is 217 Å². The van der Waals surface area contributed by atoms with Crippen molar-refractivity contribution in [2.75, 3.05) is 21.1 Å². The molecule has 0 fully saturated rings. The molecule has 0 aliphatic heterocycles. The van der Waals surface area contributed by atoms with Gasteiger partial charge >= 0.3 is 0 Å². The molecule has 35 heavy (non-hydrogen) atoms. The highest BCUT2D eigenvalue weighted by Crippen LogP contribution is 2.22. The number of quaternary nitrogens is 1. The Morgan fingerprint density at radius 2 is 1.11 bits per heavy atom. The number of carbonyl (C=O) groups is 2. The predicted molar refractivity (Wildman–Crippen MR) is 147 cm³/mol. The molecule has 1 N–H and O–H groups in total. The van der Waals surface area contributed by atoms with E-state index in [1.807, 2.05) is 6.92 Å². The summed E-state index contributed by atoms with van der Waals surface area (Å²) in [4.78, 5) is 24.3. The van der Waals surface area contributed by atoms with E-state index in [0.717, 1.165) is 19.3 Å². The van der Waals surface area contributed by atoms with Crippen molar-refractivity contribution in [2.24, 2.45) is 0 Å². The summed E-state index contributed by atoms with van der Waals surface area (Å²) in [6, 6.07) is 0. The summed E-state index contributed by atoms with van der Waals surface area (Å²) < 4.78 is 0.115. The van der Waals surface area contributed by atoms with E-state index in [9.17, 15) is 14.7 Å². The quantitative estimate of drug-likeness (QED) is 0.0706. The third kappa shape index (κ3) is 16.1. The number of allylic oxidation sites excluding steroid dienone is 2. The van der Waals surface area contributed by atoms with Crippen molar-refractivity contribution in [3.63, 3.8) is 0 Å². The van der Waals surface area contributed by atoms with Crippen molar-refractivity contribution in [1.29, 1.82) is 0 Å². The Kier molecular flexibility index (Phi) is 20.0. The van der Waals surface area contributed by atoms with Gasteiger partial charge in [0.2, 0.25) is 11.6 Å². The third-order valence-electron chi connectivity index (χ3n) is 7.11. The maximum atomic E-state index is 12.4. The number of nitrogens with zero attached hydrogens (tertiary/aromatic N) is 1. The van der Waals surface area contributed by atoms with Crippen molar-refractivity contribution < 1.29 is 19.2 Å². The second-order valence-corrected chi connectivity index (χ2v) is 11.2. The number of hydrogen-bond donors (Lipinski definition) is 1. The Morgan fingerprint density at radius 3 is 1.51 bits per heavy atom. The number of likely N-dealkylation sites (N-methyl/N-ethyl adjacent to an activating group) is 1. The molecule has 0 aromatic heterocycles. The summed E-state index contributed by atoms with van der Waals surface area (Å²) in [5.41, 5.74) is -1.37. The number of carbonyl (C=O) groups excluding carboxylic acids is 2. The molecule has 206 valence electrons. The first-order valence-corrected chi connectivity index (χ1v) is 14.7. The van der Waals surface area contributed by atoms with Crippen LogP contribution >= 0.6 is 0 Å². The van der Waals surface area contributed by atoms with Crippen LogP contribution in [0, 0.1) is 0 Å². The Hall–Kier alpha value is -1.36. The molecular formula is C30H58N2O3. The topological polar surface area (TPSA) is 69.2 Å². The molecule has 0 aliphatic rings. The smallest absolute Gasteiger partial charge is 0.224 e. The summed E-state index contributed by atoms with van der Waals surface area (Å²) in [7, 11) is 5.37. The molecule has 0 aliphatic carbocycles. The van der Waals surface area contributed by atoms with E-state index in [0.29, 0.717) is 19.3 Å². The van der Waals surface area contributed by atoms with Crippen molar-refractivity contribution in [2.45, 2.75) is 148 Å². The summed E-state index contributed by atoms with van der Waals surface area (Å²) in [6.45, 7) is 4.19. The number of aliphatic carboxylic acids is 1. The van der Waals surface area contributed by atoms with Gasteiger partial charge in [-0.25, -0.2) is 0 Å². The molecule has 0 bridgehead atoms. The molecule has 0 aromatic rings. The van der Waals surface area contributed by atoms with Gasteiger partial charge in [0.05, 0.1) is 21.1 Å². The summed E-state index contributed by atoms with van der Waals surface area (Å²) in [5, 5.41) is 14.7. The van der Waals surface area contributed by atoms with Crippen LogP contribution in [0.5, 0.6) is 0 Å². The summed E-state index contributed by atoms with van der Waals surface area (Å²) in [6.07, 6.45) is 27.6. The average molecular weight is 495 g/mol. The molecule has 0 spiro atoms. The van der Waals surface area contributed by atoms with Gasteiger partial charge < -0.3 is 14.4 Å². The highest BCUT2D eigenvalue weighted by atomic mass is 16.4. The van der Waals surface area contributed by atoms with Crippen LogP contribution in [0.15, 0.2) is 12.2 Å². The molecule has 1 amide bonds. The highest BCUT2D eigenvalue weighted by molar-refractivity contribution is 5.84. The zero-order chi connectivity index (χ0) is 26.4. The van der Waals surface area contributed by atoms with Crippen LogP contribution in [-0.2, 0) is 9.59 Å². The Bertz CT molecular complexity index is 568. The second kappa shape index (κ2) is 20.8. The fourth-order valence-corrected chi connectivity index (χ4v) is 4.71. The van der Waals surface area contributed by atoms with Gasteiger partial charge in [-0.15, -0.1) is 0 Å². The van der Waals surface area contributed by atoms with Gasteiger partial charge in [0, 0.05) is 12.8 Å². The van der Waals surface area contributed by atoms with Crippen molar-refractivity contribution >= 4 is 11.9 Å². The zero-order valence-corrected chi connectivity index (χ0v) is 24.0. The molecular weight excluding hydrogens is 436 g/mol. The number of carboxylic acid groups (broad SMARTS) is 1. The Balaban J connectivity index is 3.71. The number of amides is 1. The molecule has 0 aromatic carbocycles. The van der Waals surface area contributed by atoms with E-state index in [-0.39, 0.29) is 10.4 Å². The first-order valence-electron chi connectivity index (χ1n) is 14.7. The van der Waals surface area contributed by atoms with Gasteiger partial charge in [-0.05, 0) is 38.5 Å². The SMILES string of the molecule is CCCCCCCC/C=C\CCCCCCCCCCCC(=O)NC(CCC)(C(=O)[O-])[N+](C)(C)C. The average Bonchev–Trinajstić information content (AvgIpc) is 2.79. The zero-order valence-electron chi connectivity index (χ0n) is 24.0. The second-order valence-electron chi connectivity index (χ2n) is 11.2. The molecule has 0 radical (unpaired) electrons. The number of nitrogens with one attached hydrogen (secondary N) is 1. The van der Waals surface area contributed by atoms with Crippen LogP contribution in [-0.4, -0.2) is 43.2 Å². The molecule has 0 saturated heterocycles. The van der Waals surface area contributed by atoms with E-state index < -0.39 is 11.6 Å². The highest BCUT2D eigenvalue weighted by Gasteiger charge is 2.45. The lowest BCUT2D eigenvalue weighted by Gasteiger charge is -2.46. The number of carboxylic acids is 1. The number of unbranched alkanes of at least 4 members (excludes halogenated alkanes) is 15. The maximum absolute atomic E-state index is 12.4.